The molecule has 0 aliphatic carbocycles. The first-order valence-corrected chi connectivity index (χ1v) is 10.8. The molecule has 0 spiro atoms. The normalized spacial score (nSPS) is 14.0. The molecule has 0 fully saturated rings. The van der Waals surface area contributed by atoms with Crippen LogP contribution in [0.3, 0.4) is 0 Å². The molecule has 0 saturated heterocycles. The van der Waals surface area contributed by atoms with Gasteiger partial charge in [-0.3, -0.25) is 14.2 Å². The molecule has 0 aliphatic heterocycles. The van der Waals surface area contributed by atoms with Crippen molar-refractivity contribution in [2.75, 3.05) is 6.67 Å². The van der Waals surface area contributed by atoms with Crippen molar-refractivity contribution in [2.45, 2.75) is 44.9 Å². The fourth-order valence-electron chi connectivity index (χ4n) is 3.65. The van der Waals surface area contributed by atoms with Crippen LogP contribution in [0.4, 0.5) is 4.39 Å². The number of aliphatic hydroxyl groups is 1. The first kappa shape index (κ1) is 24.3. The van der Waals surface area contributed by atoms with Crippen molar-refractivity contribution >= 4 is 5.91 Å². The van der Waals surface area contributed by atoms with Crippen molar-refractivity contribution in [1.29, 1.82) is 0 Å². The molecule has 33 heavy (non-hydrogen) atoms. The van der Waals surface area contributed by atoms with Gasteiger partial charge < -0.3 is 5.11 Å². The molecule has 0 saturated carbocycles. The minimum absolute atomic E-state index is 0.0794. The molecule has 2 aromatic carbocycles. The highest BCUT2D eigenvalue weighted by molar-refractivity contribution is 5.93. The first-order valence-electron chi connectivity index (χ1n) is 10.8. The molecule has 8 nitrogen and oxygen atoms in total. The molecule has 0 radical (unpaired) electrons. The molecule has 0 bridgehead atoms. The molecule has 176 valence electrons. The molecule has 3 aromatic rings. The Kier molecular flexibility index (Phi) is 8.13. The van der Waals surface area contributed by atoms with Gasteiger partial charge in [0, 0.05) is 25.5 Å². The molecule has 3 rings (SSSR count). The van der Waals surface area contributed by atoms with E-state index < -0.39 is 36.5 Å². The van der Waals surface area contributed by atoms with E-state index >= 15 is 0 Å². The summed E-state index contributed by atoms with van der Waals surface area (Å²) in [5.74, 6) is -0.277. The smallest absolute Gasteiger partial charge is 0.346 e. The van der Waals surface area contributed by atoms with Gasteiger partial charge in [0.2, 0.25) is 0 Å². The Balaban J connectivity index is 1.83. The summed E-state index contributed by atoms with van der Waals surface area (Å²) in [5.41, 5.74) is 4.36. The summed E-state index contributed by atoms with van der Waals surface area (Å²) in [6.07, 6.45) is -1.14. The average Bonchev–Trinajstić information content (AvgIpc) is 3.12. The number of aryl methyl sites for hydroxylation is 1. The number of carbonyl (C=O) groups is 1. The fraction of sp³-hybridized carbons (Fsp3) is 0.375. The van der Waals surface area contributed by atoms with Crippen LogP contribution in [0.15, 0.2) is 59.4 Å². The van der Waals surface area contributed by atoms with Crippen LogP contribution in [0.2, 0.25) is 0 Å². The average molecular weight is 457 g/mol. The lowest BCUT2D eigenvalue weighted by atomic mass is 9.99. The number of nitrogens with one attached hydrogen (secondary N) is 1. The summed E-state index contributed by atoms with van der Waals surface area (Å²) >= 11 is 0. The van der Waals surface area contributed by atoms with Crippen molar-refractivity contribution in [3.63, 3.8) is 0 Å². The van der Waals surface area contributed by atoms with E-state index in [9.17, 15) is 19.1 Å². The molecule has 3 atom stereocenters. The third-order valence-electron chi connectivity index (χ3n) is 5.53. The van der Waals surface area contributed by atoms with Crippen LogP contribution in [-0.2, 0) is 18.3 Å². The van der Waals surface area contributed by atoms with Gasteiger partial charge in [0.25, 0.3) is 5.91 Å². The summed E-state index contributed by atoms with van der Waals surface area (Å²) in [5, 5.41) is 14.0. The van der Waals surface area contributed by atoms with Crippen LogP contribution in [0.25, 0.3) is 0 Å². The Hall–Kier alpha value is -3.30. The maximum Gasteiger partial charge on any atom is 0.346 e. The second kappa shape index (κ2) is 11.0. The molecule has 2 N–H and O–H groups in total. The number of hydroxylamine groups is 1. The van der Waals surface area contributed by atoms with Gasteiger partial charge >= 0.3 is 5.69 Å². The zero-order chi connectivity index (χ0) is 24.0. The summed E-state index contributed by atoms with van der Waals surface area (Å²) in [4.78, 5) is 30.8. The predicted molar refractivity (Wildman–Crippen MR) is 121 cm³/mol. The third kappa shape index (κ3) is 5.94. The summed E-state index contributed by atoms with van der Waals surface area (Å²) in [7, 11) is 1.48. The molecular weight excluding hydrogens is 427 g/mol. The number of hydrogen-bond acceptors (Lipinski definition) is 5. The van der Waals surface area contributed by atoms with Gasteiger partial charge in [0.15, 0.2) is 5.82 Å². The minimum atomic E-state index is -0.978. The van der Waals surface area contributed by atoms with Crippen LogP contribution in [0, 0.1) is 6.92 Å². The number of rotatable bonds is 10. The highest BCUT2D eigenvalue weighted by atomic mass is 19.1. The van der Waals surface area contributed by atoms with E-state index in [2.05, 4.69) is 10.6 Å². The number of aromatic nitrogens is 3. The molecule has 1 heterocycles. The second-order valence-electron chi connectivity index (χ2n) is 8.03. The minimum Gasteiger partial charge on any atom is -0.385 e. The SMILES string of the molecule is Cc1ccccc1CC(CC(CF)n1nc([C@H](C)O)n(C)c1=O)ONC(=O)c1ccccc1. The van der Waals surface area contributed by atoms with Crippen molar-refractivity contribution in [3.8, 4) is 0 Å². The van der Waals surface area contributed by atoms with Gasteiger partial charge in [-0.25, -0.2) is 19.3 Å². The van der Waals surface area contributed by atoms with Crippen LogP contribution in [-0.4, -0.2) is 38.1 Å². The fourth-order valence-corrected chi connectivity index (χ4v) is 3.65. The van der Waals surface area contributed by atoms with Crippen molar-refractivity contribution in [3.05, 3.63) is 87.6 Å². The van der Waals surface area contributed by atoms with E-state index in [0.717, 1.165) is 15.8 Å². The summed E-state index contributed by atoms with van der Waals surface area (Å²) < 4.78 is 16.3. The topological polar surface area (TPSA) is 98.4 Å². The van der Waals surface area contributed by atoms with E-state index in [4.69, 9.17) is 4.84 Å². The molecular formula is C24H29FN4O4. The molecule has 0 aliphatic rings. The number of aliphatic hydroxyl groups excluding tert-OH is 1. The van der Waals surface area contributed by atoms with E-state index in [0.29, 0.717) is 12.0 Å². The van der Waals surface area contributed by atoms with E-state index in [-0.39, 0.29) is 12.2 Å². The quantitative estimate of drug-likeness (QED) is 0.457. The van der Waals surface area contributed by atoms with Crippen LogP contribution in [0.1, 0.15) is 52.8 Å². The molecule has 9 heteroatoms. The van der Waals surface area contributed by atoms with E-state index in [1.165, 1.54) is 18.5 Å². The number of amides is 1. The Bertz CT molecular complexity index is 1130. The number of nitrogens with zero attached hydrogens (tertiary/aromatic N) is 3. The Labute approximate surface area is 191 Å². The van der Waals surface area contributed by atoms with Gasteiger partial charge in [0.1, 0.15) is 12.8 Å². The van der Waals surface area contributed by atoms with Crippen LogP contribution in [0.5, 0.6) is 0 Å². The lowest BCUT2D eigenvalue weighted by Crippen LogP contribution is -2.35. The number of hydrogen-bond donors (Lipinski definition) is 2. The van der Waals surface area contributed by atoms with Gasteiger partial charge in [-0.1, -0.05) is 42.5 Å². The largest absolute Gasteiger partial charge is 0.385 e. The highest BCUT2D eigenvalue weighted by Gasteiger charge is 2.26. The van der Waals surface area contributed by atoms with E-state index in [1.807, 2.05) is 31.2 Å². The van der Waals surface area contributed by atoms with Gasteiger partial charge in [-0.2, -0.15) is 5.10 Å². The van der Waals surface area contributed by atoms with Crippen LogP contribution >= 0.6 is 0 Å². The Morgan fingerprint density at radius 2 is 1.85 bits per heavy atom. The zero-order valence-corrected chi connectivity index (χ0v) is 18.9. The molecule has 2 unspecified atom stereocenters. The number of carbonyl (C=O) groups excluding carboxylic acids is 1. The first-order chi connectivity index (χ1) is 15.8. The van der Waals surface area contributed by atoms with E-state index in [1.54, 1.807) is 30.3 Å². The third-order valence-corrected chi connectivity index (χ3v) is 5.53. The number of benzene rings is 2. The maximum absolute atomic E-state index is 14.1. The summed E-state index contributed by atoms with van der Waals surface area (Å²) in [6.45, 7) is 2.58. The molecule has 1 amide bonds. The standard InChI is InChI=1S/C24H29FN4O4/c1-16-9-7-8-12-19(16)13-21(33-27-23(31)18-10-5-4-6-11-18)14-20(15-25)29-24(32)28(3)22(26-29)17(2)30/h4-12,17,20-21,30H,13-15H2,1-3H3,(H,27,31)/t17-,20?,21?/m0/s1. The predicted octanol–water partition coefficient (Wildman–Crippen LogP) is 2.82. The Morgan fingerprint density at radius 3 is 2.45 bits per heavy atom. The van der Waals surface area contributed by atoms with Crippen molar-refractivity contribution < 1.29 is 19.1 Å². The Morgan fingerprint density at radius 1 is 1.18 bits per heavy atom. The lowest BCUT2D eigenvalue weighted by molar-refractivity contribution is -0.0272. The molecule has 1 aromatic heterocycles. The second-order valence-corrected chi connectivity index (χ2v) is 8.03. The monoisotopic (exact) mass is 456 g/mol. The van der Waals surface area contributed by atoms with Gasteiger partial charge in [0.05, 0.1) is 12.1 Å². The van der Waals surface area contributed by atoms with Crippen molar-refractivity contribution in [2.24, 2.45) is 7.05 Å². The highest BCUT2D eigenvalue weighted by Crippen LogP contribution is 2.20. The zero-order valence-electron chi connectivity index (χ0n) is 18.9. The number of halogens is 1. The number of alkyl halides is 1. The maximum atomic E-state index is 14.1. The van der Waals surface area contributed by atoms with Gasteiger partial charge in [-0.05, 0) is 37.1 Å². The van der Waals surface area contributed by atoms with Crippen molar-refractivity contribution in [1.82, 2.24) is 19.8 Å². The lowest BCUT2D eigenvalue weighted by Gasteiger charge is -2.22. The summed E-state index contributed by atoms with van der Waals surface area (Å²) in [6, 6.07) is 15.4. The van der Waals surface area contributed by atoms with Gasteiger partial charge in [-0.15, -0.1) is 0 Å². The van der Waals surface area contributed by atoms with Crippen LogP contribution < -0.4 is 11.2 Å².